The van der Waals surface area contributed by atoms with Crippen LogP contribution in [0, 0.1) is 5.92 Å². The molecule has 2 rings (SSSR count). The summed E-state index contributed by atoms with van der Waals surface area (Å²) in [4.78, 5) is 0. The largest absolute Gasteiger partial charge is 0.394 e. The van der Waals surface area contributed by atoms with E-state index in [1.807, 2.05) is 18.2 Å². The van der Waals surface area contributed by atoms with Gasteiger partial charge in [0.15, 0.2) is 0 Å². The zero-order valence-electron chi connectivity index (χ0n) is 12.0. The van der Waals surface area contributed by atoms with Crippen molar-refractivity contribution in [3.63, 3.8) is 0 Å². The number of aliphatic hydroxyl groups is 1. The van der Waals surface area contributed by atoms with Crippen LogP contribution < -0.4 is 5.32 Å². The van der Waals surface area contributed by atoms with Crippen molar-refractivity contribution in [1.82, 2.24) is 5.32 Å². The SMILES string of the molecule is CCC1CCCC(N[C@H](CO)c2ccccc2)CC1. The number of hydrogen-bond donors (Lipinski definition) is 2. The summed E-state index contributed by atoms with van der Waals surface area (Å²) in [5.41, 5.74) is 1.20. The molecule has 0 saturated heterocycles. The van der Waals surface area contributed by atoms with Gasteiger partial charge in [0, 0.05) is 6.04 Å². The lowest BCUT2D eigenvalue weighted by Crippen LogP contribution is -2.34. The molecule has 1 aromatic carbocycles. The van der Waals surface area contributed by atoms with Crippen molar-refractivity contribution in [3.05, 3.63) is 35.9 Å². The fourth-order valence-electron chi connectivity index (χ4n) is 3.18. The molecule has 0 aromatic heterocycles. The molecule has 2 nitrogen and oxygen atoms in total. The fraction of sp³-hybridized carbons (Fsp3) is 0.647. The van der Waals surface area contributed by atoms with Crippen LogP contribution in [0.25, 0.3) is 0 Å². The Hall–Kier alpha value is -0.860. The van der Waals surface area contributed by atoms with Crippen LogP contribution in [0.1, 0.15) is 57.1 Å². The van der Waals surface area contributed by atoms with E-state index in [0.29, 0.717) is 6.04 Å². The molecule has 1 fully saturated rings. The molecule has 0 amide bonds. The molecule has 2 N–H and O–H groups in total. The van der Waals surface area contributed by atoms with E-state index >= 15 is 0 Å². The van der Waals surface area contributed by atoms with Gasteiger partial charge in [-0.15, -0.1) is 0 Å². The van der Waals surface area contributed by atoms with E-state index in [2.05, 4.69) is 24.4 Å². The molecule has 106 valence electrons. The topological polar surface area (TPSA) is 32.3 Å². The van der Waals surface area contributed by atoms with Gasteiger partial charge in [-0.2, -0.15) is 0 Å². The minimum Gasteiger partial charge on any atom is -0.394 e. The maximum absolute atomic E-state index is 9.62. The summed E-state index contributed by atoms with van der Waals surface area (Å²) in [6.07, 6.45) is 7.85. The molecular weight excluding hydrogens is 234 g/mol. The predicted octanol–water partition coefficient (Wildman–Crippen LogP) is 3.67. The quantitative estimate of drug-likeness (QED) is 0.793. The second-order valence-corrected chi connectivity index (χ2v) is 5.79. The van der Waals surface area contributed by atoms with Crippen LogP contribution in [0.2, 0.25) is 0 Å². The molecule has 3 atom stereocenters. The monoisotopic (exact) mass is 261 g/mol. The molecule has 0 aliphatic heterocycles. The lowest BCUT2D eigenvalue weighted by Gasteiger charge is -2.24. The van der Waals surface area contributed by atoms with Crippen LogP contribution in [0.4, 0.5) is 0 Å². The van der Waals surface area contributed by atoms with E-state index in [1.165, 1.54) is 44.1 Å². The maximum Gasteiger partial charge on any atom is 0.0626 e. The van der Waals surface area contributed by atoms with Crippen molar-refractivity contribution in [2.45, 2.75) is 57.5 Å². The Morgan fingerprint density at radius 2 is 1.95 bits per heavy atom. The Balaban J connectivity index is 1.91. The summed E-state index contributed by atoms with van der Waals surface area (Å²) < 4.78 is 0. The first-order chi connectivity index (χ1) is 9.33. The smallest absolute Gasteiger partial charge is 0.0626 e. The molecule has 1 aliphatic carbocycles. The summed E-state index contributed by atoms with van der Waals surface area (Å²) in [5.74, 6) is 0.913. The summed E-state index contributed by atoms with van der Waals surface area (Å²) in [5, 5.41) is 13.3. The molecule has 0 radical (unpaired) electrons. The number of benzene rings is 1. The first-order valence-electron chi connectivity index (χ1n) is 7.75. The second-order valence-electron chi connectivity index (χ2n) is 5.79. The maximum atomic E-state index is 9.62. The highest BCUT2D eigenvalue weighted by molar-refractivity contribution is 5.19. The van der Waals surface area contributed by atoms with Gasteiger partial charge in [-0.1, -0.05) is 56.5 Å². The van der Waals surface area contributed by atoms with Crippen molar-refractivity contribution in [2.75, 3.05) is 6.61 Å². The molecule has 1 aromatic rings. The summed E-state index contributed by atoms with van der Waals surface area (Å²) in [6.45, 7) is 2.48. The number of nitrogens with one attached hydrogen (secondary N) is 1. The molecule has 2 unspecified atom stereocenters. The van der Waals surface area contributed by atoms with E-state index in [1.54, 1.807) is 0 Å². The van der Waals surface area contributed by atoms with Crippen LogP contribution in [-0.4, -0.2) is 17.8 Å². The molecule has 1 aliphatic rings. The van der Waals surface area contributed by atoms with Crippen LogP contribution >= 0.6 is 0 Å². The molecular formula is C17H27NO. The zero-order valence-corrected chi connectivity index (χ0v) is 12.0. The van der Waals surface area contributed by atoms with Crippen LogP contribution in [0.15, 0.2) is 30.3 Å². The molecule has 0 heterocycles. The highest BCUT2D eigenvalue weighted by Gasteiger charge is 2.20. The highest BCUT2D eigenvalue weighted by Crippen LogP contribution is 2.26. The van der Waals surface area contributed by atoms with Crippen molar-refractivity contribution < 1.29 is 5.11 Å². The first kappa shape index (κ1) is 14.5. The number of aliphatic hydroxyl groups excluding tert-OH is 1. The zero-order chi connectivity index (χ0) is 13.5. The normalized spacial score (nSPS) is 25.8. The standard InChI is InChI=1S/C17H27NO/c1-2-14-7-6-10-16(12-11-14)18-17(13-19)15-8-4-3-5-9-15/h3-5,8-9,14,16-19H,2,6-7,10-13H2,1H3/t14?,16?,17-/m1/s1. The van der Waals surface area contributed by atoms with Gasteiger partial charge in [0.1, 0.15) is 0 Å². The van der Waals surface area contributed by atoms with Crippen molar-refractivity contribution in [1.29, 1.82) is 0 Å². The Kier molecular flexibility index (Phi) is 5.87. The number of rotatable bonds is 5. The molecule has 0 bridgehead atoms. The fourth-order valence-corrected chi connectivity index (χ4v) is 3.18. The Morgan fingerprint density at radius 3 is 2.63 bits per heavy atom. The third kappa shape index (κ3) is 4.32. The Labute approximate surface area is 117 Å². The summed E-state index contributed by atoms with van der Waals surface area (Å²) in [6, 6.07) is 11.0. The second kappa shape index (κ2) is 7.66. The van der Waals surface area contributed by atoms with E-state index in [4.69, 9.17) is 0 Å². The van der Waals surface area contributed by atoms with E-state index in [9.17, 15) is 5.11 Å². The summed E-state index contributed by atoms with van der Waals surface area (Å²) in [7, 11) is 0. The minimum atomic E-state index is 0.0874. The van der Waals surface area contributed by atoms with Gasteiger partial charge in [-0.25, -0.2) is 0 Å². The third-order valence-electron chi connectivity index (χ3n) is 4.49. The van der Waals surface area contributed by atoms with Gasteiger partial charge >= 0.3 is 0 Å². The first-order valence-corrected chi connectivity index (χ1v) is 7.75. The molecule has 2 heteroatoms. The molecule has 1 saturated carbocycles. The highest BCUT2D eigenvalue weighted by atomic mass is 16.3. The van der Waals surface area contributed by atoms with Gasteiger partial charge in [0.2, 0.25) is 0 Å². The van der Waals surface area contributed by atoms with Gasteiger partial charge in [-0.05, 0) is 30.7 Å². The van der Waals surface area contributed by atoms with Crippen LogP contribution in [-0.2, 0) is 0 Å². The third-order valence-corrected chi connectivity index (χ3v) is 4.49. The van der Waals surface area contributed by atoms with E-state index in [0.717, 1.165) is 5.92 Å². The molecule has 0 spiro atoms. The molecule has 19 heavy (non-hydrogen) atoms. The van der Waals surface area contributed by atoms with Crippen LogP contribution in [0.5, 0.6) is 0 Å². The average Bonchev–Trinajstić information content (AvgIpc) is 2.70. The van der Waals surface area contributed by atoms with Gasteiger partial charge < -0.3 is 10.4 Å². The average molecular weight is 261 g/mol. The van der Waals surface area contributed by atoms with Crippen molar-refractivity contribution in [2.24, 2.45) is 5.92 Å². The Bertz CT molecular complexity index is 352. The van der Waals surface area contributed by atoms with Gasteiger partial charge in [0.05, 0.1) is 12.6 Å². The van der Waals surface area contributed by atoms with E-state index < -0.39 is 0 Å². The Morgan fingerprint density at radius 1 is 1.16 bits per heavy atom. The van der Waals surface area contributed by atoms with Gasteiger partial charge in [0.25, 0.3) is 0 Å². The lowest BCUT2D eigenvalue weighted by molar-refractivity contribution is 0.228. The van der Waals surface area contributed by atoms with Crippen LogP contribution in [0.3, 0.4) is 0 Å². The number of hydrogen-bond acceptors (Lipinski definition) is 2. The van der Waals surface area contributed by atoms with Crippen molar-refractivity contribution >= 4 is 0 Å². The predicted molar refractivity (Wildman–Crippen MR) is 80.1 cm³/mol. The lowest BCUT2D eigenvalue weighted by atomic mass is 9.97. The minimum absolute atomic E-state index is 0.0874. The van der Waals surface area contributed by atoms with Crippen molar-refractivity contribution in [3.8, 4) is 0 Å². The van der Waals surface area contributed by atoms with Gasteiger partial charge in [-0.3, -0.25) is 0 Å². The van der Waals surface area contributed by atoms with E-state index in [-0.39, 0.29) is 12.6 Å². The summed E-state index contributed by atoms with van der Waals surface area (Å²) >= 11 is 0.